The Labute approximate surface area is 146 Å². The Morgan fingerprint density at radius 2 is 2.17 bits per heavy atom. The summed E-state index contributed by atoms with van der Waals surface area (Å²) in [7, 11) is 0. The molecule has 2 aromatic rings. The fourth-order valence-electron chi connectivity index (χ4n) is 3.97. The molecule has 0 aromatic carbocycles. The number of aliphatic hydroxyl groups is 1. The fraction of sp³-hybridized carbons (Fsp3) is 0.667. The number of nitrogens with zero attached hydrogens (tertiary/aromatic N) is 3. The van der Waals surface area contributed by atoms with Gasteiger partial charge in [-0.2, -0.15) is 0 Å². The number of aliphatic hydroxyl groups excluding tert-OH is 1. The number of ether oxygens (including phenoxy) is 1. The van der Waals surface area contributed by atoms with Gasteiger partial charge in [0.1, 0.15) is 16.5 Å². The minimum Gasteiger partial charge on any atom is -0.393 e. The van der Waals surface area contributed by atoms with E-state index in [1.54, 1.807) is 0 Å². The van der Waals surface area contributed by atoms with Gasteiger partial charge in [-0.05, 0) is 51.5 Å². The Hall–Kier alpha value is -1.24. The molecule has 2 atom stereocenters. The second kappa shape index (κ2) is 6.58. The molecule has 3 heterocycles. The number of thiophene rings is 1. The smallest absolute Gasteiger partial charge is 0.141 e. The first-order chi connectivity index (χ1) is 11.6. The molecule has 2 unspecified atom stereocenters. The highest BCUT2D eigenvalue weighted by molar-refractivity contribution is 7.19. The van der Waals surface area contributed by atoms with Crippen LogP contribution in [-0.2, 0) is 17.6 Å². The molecule has 130 valence electrons. The van der Waals surface area contributed by atoms with Gasteiger partial charge in [0.15, 0.2) is 0 Å². The lowest BCUT2D eigenvalue weighted by Gasteiger charge is -2.37. The highest BCUT2D eigenvalue weighted by atomic mass is 32.1. The van der Waals surface area contributed by atoms with E-state index < -0.39 is 0 Å². The Kier molecular flexibility index (Phi) is 4.45. The van der Waals surface area contributed by atoms with E-state index in [0.29, 0.717) is 19.6 Å². The van der Waals surface area contributed by atoms with Gasteiger partial charge in [0, 0.05) is 11.4 Å². The summed E-state index contributed by atoms with van der Waals surface area (Å²) in [6.07, 6.45) is 5.22. The van der Waals surface area contributed by atoms with Crippen LogP contribution in [0.2, 0.25) is 0 Å². The van der Waals surface area contributed by atoms with Crippen molar-refractivity contribution in [2.24, 2.45) is 0 Å². The predicted octanol–water partition coefficient (Wildman–Crippen LogP) is 2.85. The molecule has 0 bridgehead atoms. The zero-order chi connectivity index (χ0) is 16.7. The number of morpholine rings is 1. The monoisotopic (exact) mass is 347 g/mol. The van der Waals surface area contributed by atoms with Gasteiger partial charge in [-0.3, -0.25) is 0 Å². The summed E-state index contributed by atoms with van der Waals surface area (Å²) < 4.78 is 5.68. The topological polar surface area (TPSA) is 58.5 Å². The van der Waals surface area contributed by atoms with E-state index in [1.807, 2.05) is 25.2 Å². The molecular weight excluding hydrogens is 322 g/mol. The van der Waals surface area contributed by atoms with Crippen molar-refractivity contribution in [2.45, 2.75) is 58.1 Å². The standard InChI is InChI=1S/C18H25N3O2S/c1-11(22)9-13-10-23-8-7-21(13)17-16-14-5-3-4-6-15(14)24-18(16)20-12(2)19-17/h11,13,22H,3-10H2,1-2H3. The maximum Gasteiger partial charge on any atom is 0.141 e. The summed E-state index contributed by atoms with van der Waals surface area (Å²) in [4.78, 5) is 14.6. The highest BCUT2D eigenvalue weighted by Gasteiger charge is 2.30. The SMILES string of the molecule is Cc1nc(N2CCOCC2CC(C)O)c2c3c(sc2n1)CCCC3. The van der Waals surface area contributed by atoms with Crippen LogP contribution in [0.5, 0.6) is 0 Å². The fourth-order valence-corrected chi connectivity index (χ4v) is 5.27. The number of aryl methyl sites for hydroxylation is 3. The van der Waals surface area contributed by atoms with Gasteiger partial charge in [-0.1, -0.05) is 0 Å². The Bertz CT molecular complexity index is 743. The lowest BCUT2D eigenvalue weighted by Crippen LogP contribution is -2.47. The zero-order valence-corrected chi connectivity index (χ0v) is 15.2. The van der Waals surface area contributed by atoms with Gasteiger partial charge < -0.3 is 14.7 Å². The molecular formula is C18H25N3O2S. The molecule has 2 aromatic heterocycles. The number of aromatic nitrogens is 2. The maximum absolute atomic E-state index is 9.88. The molecule has 1 saturated heterocycles. The van der Waals surface area contributed by atoms with Crippen molar-refractivity contribution in [3.63, 3.8) is 0 Å². The minimum atomic E-state index is -0.339. The lowest BCUT2D eigenvalue weighted by atomic mass is 9.96. The average molecular weight is 347 g/mol. The largest absolute Gasteiger partial charge is 0.393 e. The van der Waals surface area contributed by atoms with E-state index >= 15 is 0 Å². The average Bonchev–Trinajstić information content (AvgIpc) is 2.92. The Morgan fingerprint density at radius 3 is 3.00 bits per heavy atom. The summed E-state index contributed by atoms with van der Waals surface area (Å²) >= 11 is 1.85. The van der Waals surface area contributed by atoms with Crippen molar-refractivity contribution in [1.29, 1.82) is 0 Å². The normalized spacial score (nSPS) is 22.6. The van der Waals surface area contributed by atoms with Gasteiger partial charge in [-0.15, -0.1) is 11.3 Å². The van der Waals surface area contributed by atoms with Crippen LogP contribution in [0.3, 0.4) is 0 Å². The summed E-state index contributed by atoms with van der Waals surface area (Å²) in [5.41, 5.74) is 1.47. The second-order valence-electron chi connectivity index (χ2n) is 6.99. The first kappa shape index (κ1) is 16.2. The molecule has 6 heteroatoms. The third-order valence-electron chi connectivity index (χ3n) is 5.02. The molecule has 1 fully saturated rings. The van der Waals surface area contributed by atoms with E-state index in [2.05, 4.69) is 4.90 Å². The molecule has 1 N–H and O–H groups in total. The van der Waals surface area contributed by atoms with Crippen molar-refractivity contribution in [1.82, 2.24) is 9.97 Å². The van der Waals surface area contributed by atoms with Crippen molar-refractivity contribution < 1.29 is 9.84 Å². The van der Waals surface area contributed by atoms with Crippen molar-refractivity contribution in [3.05, 3.63) is 16.3 Å². The molecule has 2 aliphatic rings. The van der Waals surface area contributed by atoms with Crippen LogP contribution in [0.4, 0.5) is 5.82 Å². The number of fused-ring (bicyclic) bond motifs is 3. The van der Waals surface area contributed by atoms with Crippen LogP contribution in [0.15, 0.2) is 0 Å². The Balaban J connectivity index is 1.83. The first-order valence-electron chi connectivity index (χ1n) is 8.95. The van der Waals surface area contributed by atoms with Crippen molar-refractivity contribution in [2.75, 3.05) is 24.7 Å². The minimum absolute atomic E-state index is 0.176. The third-order valence-corrected chi connectivity index (χ3v) is 6.21. The van der Waals surface area contributed by atoms with E-state index in [9.17, 15) is 5.11 Å². The summed E-state index contributed by atoms with van der Waals surface area (Å²) in [5, 5.41) is 11.1. The molecule has 24 heavy (non-hydrogen) atoms. The van der Waals surface area contributed by atoms with E-state index in [1.165, 1.54) is 35.1 Å². The van der Waals surface area contributed by atoms with Crippen molar-refractivity contribution >= 4 is 27.4 Å². The number of hydrogen-bond donors (Lipinski definition) is 1. The number of anilines is 1. The molecule has 5 nitrogen and oxygen atoms in total. The number of hydrogen-bond acceptors (Lipinski definition) is 6. The summed E-state index contributed by atoms with van der Waals surface area (Å²) in [5.74, 6) is 1.89. The van der Waals surface area contributed by atoms with Crippen LogP contribution in [0.25, 0.3) is 10.2 Å². The summed E-state index contributed by atoms with van der Waals surface area (Å²) in [6, 6.07) is 0.176. The Morgan fingerprint density at radius 1 is 1.33 bits per heavy atom. The van der Waals surface area contributed by atoms with Gasteiger partial charge in [0.25, 0.3) is 0 Å². The van der Waals surface area contributed by atoms with Gasteiger partial charge in [0.05, 0.1) is 30.7 Å². The van der Waals surface area contributed by atoms with Crippen LogP contribution in [-0.4, -0.2) is 47.0 Å². The third kappa shape index (κ3) is 2.91. The van der Waals surface area contributed by atoms with Crippen LogP contribution < -0.4 is 4.90 Å². The maximum atomic E-state index is 9.88. The van der Waals surface area contributed by atoms with E-state index in [-0.39, 0.29) is 12.1 Å². The first-order valence-corrected chi connectivity index (χ1v) is 9.76. The molecule has 0 spiro atoms. The zero-order valence-electron chi connectivity index (χ0n) is 14.4. The van der Waals surface area contributed by atoms with E-state index in [0.717, 1.165) is 29.4 Å². The van der Waals surface area contributed by atoms with E-state index in [4.69, 9.17) is 14.7 Å². The molecule has 0 saturated carbocycles. The lowest BCUT2D eigenvalue weighted by molar-refractivity contribution is 0.0719. The highest BCUT2D eigenvalue weighted by Crippen LogP contribution is 2.40. The molecule has 0 radical (unpaired) electrons. The molecule has 1 aliphatic heterocycles. The van der Waals surface area contributed by atoms with Crippen LogP contribution >= 0.6 is 11.3 Å². The quantitative estimate of drug-likeness (QED) is 0.925. The van der Waals surface area contributed by atoms with Gasteiger partial charge in [0.2, 0.25) is 0 Å². The molecule has 1 aliphatic carbocycles. The summed E-state index contributed by atoms with van der Waals surface area (Å²) in [6.45, 7) is 6.02. The van der Waals surface area contributed by atoms with Crippen molar-refractivity contribution in [3.8, 4) is 0 Å². The molecule has 4 rings (SSSR count). The number of rotatable bonds is 3. The predicted molar refractivity (Wildman–Crippen MR) is 97.0 cm³/mol. The van der Waals surface area contributed by atoms with Gasteiger partial charge >= 0.3 is 0 Å². The second-order valence-corrected chi connectivity index (χ2v) is 8.08. The van der Waals surface area contributed by atoms with Crippen LogP contribution in [0, 0.1) is 6.92 Å². The molecule has 0 amide bonds. The van der Waals surface area contributed by atoms with Crippen LogP contribution in [0.1, 0.15) is 42.5 Å². The van der Waals surface area contributed by atoms with Gasteiger partial charge in [-0.25, -0.2) is 9.97 Å².